The largest absolute Gasteiger partial charge is 0.492 e. The Hall–Kier alpha value is -1.13. The second-order valence-corrected chi connectivity index (χ2v) is 3.50. The molecule has 0 bridgehead atoms. The zero-order chi connectivity index (χ0) is 11.8. The Balaban J connectivity index is 2.19. The van der Waals surface area contributed by atoms with Gasteiger partial charge >= 0.3 is 0 Å². The van der Waals surface area contributed by atoms with Crippen molar-refractivity contribution in [3.63, 3.8) is 0 Å². The topological polar surface area (TPSA) is 30.5 Å². The molecule has 1 N–H and O–H groups in total. The van der Waals surface area contributed by atoms with Gasteiger partial charge in [0.2, 0.25) is 0 Å². The standard InChI is InChI=1S/C12H18FNO2/c1-10-9-11(3-4-12(10)13)16-8-6-14-5-7-15-2/h3-4,9,14H,5-8H2,1-2H3. The SMILES string of the molecule is COCCNCCOc1ccc(F)c(C)c1. The van der Waals surface area contributed by atoms with Crippen molar-refractivity contribution in [1.82, 2.24) is 5.32 Å². The fourth-order valence-electron chi connectivity index (χ4n) is 1.25. The highest BCUT2D eigenvalue weighted by atomic mass is 19.1. The van der Waals surface area contributed by atoms with E-state index in [4.69, 9.17) is 9.47 Å². The molecule has 1 aromatic carbocycles. The van der Waals surface area contributed by atoms with Crippen LogP contribution in [0.4, 0.5) is 4.39 Å². The molecule has 0 unspecified atom stereocenters. The predicted molar refractivity (Wildman–Crippen MR) is 61.4 cm³/mol. The molecule has 16 heavy (non-hydrogen) atoms. The van der Waals surface area contributed by atoms with E-state index in [2.05, 4.69) is 5.32 Å². The van der Waals surface area contributed by atoms with Crippen LogP contribution < -0.4 is 10.1 Å². The second-order valence-electron chi connectivity index (χ2n) is 3.50. The van der Waals surface area contributed by atoms with Crippen LogP contribution in [0.25, 0.3) is 0 Å². The van der Waals surface area contributed by atoms with Gasteiger partial charge in [-0.05, 0) is 30.7 Å². The van der Waals surface area contributed by atoms with E-state index in [1.807, 2.05) is 0 Å². The molecular weight excluding hydrogens is 209 g/mol. The number of benzene rings is 1. The third-order valence-electron chi connectivity index (χ3n) is 2.16. The summed E-state index contributed by atoms with van der Waals surface area (Å²) in [6.07, 6.45) is 0. The Morgan fingerprint density at radius 2 is 2.00 bits per heavy atom. The number of methoxy groups -OCH3 is 1. The molecule has 0 fully saturated rings. The van der Waals surface area contributed by atoms with Gasteiger partial charge in [-0.1, -0.05) is 0 Å². The number of aryl methyl sites for hydroxylation is 1. The van der Waals surface area contributed by atoms with Crippen molar-refractivity contribution in [3.8, 4) is 5.75 Å². The zero-order valence-electron chi connectivity index (χ0n) is 9.75. The molecule has 0 heterocycles. The summed E-state index contributed by atoms with van der Waals surface area (Å²) in [5.74, 6) is 0.498. The minimum absolute atomic E-state index is 0.203. The maximum atomic E-state index is 12.9. The minimum Gasteiger partial charge on any atom is -0.492 e. The van der Waals surface area contributed by atoms with Crippen molar-refractivity contribution >= 4 is 0 Å². The van der Waals surface area contributed by atoms with Gasteiger partial charge in [0.15, 0.2) is 0 Å². The summed E-state index contributed by atoms with van der Waals surface area (Å²) < 4.78 is 23.3. The first-order chi connectivity index (χ1) is 7.74. The van der Waals surface area contributed by atoms with E-state index < -0.39 is 0 Å². The van der Waals surface area contributed by atoms with E-state index in [1.165, 1.54) is 6.07 Å². The van der Waals surface area contributed by atoms with Gasteiger partial charge in [0, 0.05) is 20.2 Å². The lowest BCUT2D eigenvalue weighted by Crippen LogP contribution is -2.24. The van der Waals surface area contributed by atoms with Gasteiger partial charge in [-0.2, -0.15) is 0 Å². The predicted octanol–water partition coefficient (Wildman–Crippen LogP) is 1.75. The molecule has 90 valence electrons. The van der Waals surface area contributed by atoms with Crippen molar-refractivity contribution in [2.24, 2.45) is 0 Å². The number of ether oxygens (including phenoxy) is 2. The molecule has 3 nitrogen and oxygen atoms in total. The summed E-state index contributed by atoms with van der Waals surface area (Å²) in [4.78, 5) is 0. The third-order valence-corrected chi connectivity index (χ3v) is 2.16. The Morgan fingerprint density at radius 1 is 1.25 bits per heavy atom. The number of nitrogens with one attached hydrogen (secondary N) is 1. The summed E-state index contributed by atoms with van der Waals surface area (Å²) >= 11 is 0. The molecule has 0 saturated heterocycles. The van der Waals surface area contributed by atoms with Gasteiger partial charge in [0.25, 0.3) is 0 Å². The normalized spacial score (nSPS) is 10.4. The zero-order valence-corrected chi connectivity index (χ0v) is 9.75. The van der Waals surface area contributed by atoms with E-state index in [0.29, 0.717) is 24.5 Å². The molecule has 0 spiro atoms. The molecule has 4 heteroatoms. The lowest BCUT2D eigenvalue weighted by molar-refractivity contribution is 0.196. The third kappa shape index (κ3) is 4.59. The van der Waals surface area contributed by atoms with E-state index in [0.717, 1.165) is 13.1 Å². The monoisotopic (exact) mass is 227 g/mol. The van der Waals surface area contributed by atoms with E-state index in [-0.39, 0.29) is 5.82 Å². The van der Waals surface area contributed by atoms with Crippen molar-refractivity contribution in [2.45, 2.75) is 6.92 Å². The quantitative estimate of drug-likeness (QED) is 0.720. The first-order valence-corrected chi connectivity index (χ1v) is 5.32. The molecule has 0 atom stereocenters. The molecular formula is C12H18FNO2. The maximum absolute atomic E-state index is 12.9. The fraction of sp³-hybridized carbons (Fsp3) is 0.500. The second kappa shape index (κ2) is 7.19. The number of rotatable bonds is 7. The highest BCUT2D eigenvalue weighted by Crippen LogP contribution is 2.15. The summed E-state index contributed by atoms with van der Waals surface area (Å²) in [6, 6.07) is 4.75. The first kappa shape index (κ1) is 12.9. The van der Waals surface area contributed by atoms with Crippen LogP contribution in [0.3, 0.4) is 0 Å². The van der Waals surface area contributed by atoms with Crippen molar-refractivity contribution < 1.29 is 13.9 Å². The number of hydrogen-bond acceptors (Lipinski definition) is 3. The van der Waals surface area contributed by atoms with Crippen LogP contribution >= 0.6 is 0 Å². The smallest absolute Gasteiger partial charge is 0.126 e. The van der Waals surface area contributed by atoms with Gasteiger partial charge in [-0.15, -0.1) is 0 Å². The molecule has 0 aliphatic carbocycles. The Bertz CT molecular complexity index is 318. The van der Waals surface area contributed by atoms with Crippen LogP contribution in [0, 0.1) is 12.7 Å². The molecule has 0 aromatic heterocycles. The molecule has 0 aliphatic rings. The number of halogens is 1. The van der Waals surface area contributed by atoms with Gasteiger partial charge in [-0.25, -0.2) is 4.39 Å². The molecule has 1 aromatic rings. The molecule has 1 rings (SSSR count). The summed E-state index contributed by atoms with van der Waals surface area (Å²) in [5.41, 5.74) is 0.602. The highest BCUT2D eigenvalue weighted by Gasteiger charge is 1.99. The van der Waals surface area contributed by atoms with Crippen molar-refractivity contribution in [1.29, 1.82) is 0 Å². The fourth-order valence-corrected chi connectivity index (χ4v) is 1.25. The van der Waals surface area contributed by atoms with Crippen molar-refractivity contribution in [2.75, 3.05) is 33.4 Å². The maximum Gasteiger partial charge on any atom is 0.126 e. The van der Waals surface area contributed by atoms with Crippen LogP contribution in [0.1, 0.15) is 5.56 Å². The van der Waals surface area contributed by atoms with Crippen LogP contribution in [0.15, 0.2) is 18.2 Å². The van der Waals surface area contributed by atoms with Crippen LogP contribution in [-0.4, -0.2) is 33.4 Å². The van der Waals surface area contributed by atoms with Gasteiger partial charge in [-0.3, -0.25) is 0 Å². The lowest BCUT2D eigenvalue weighted by atomic mass is 10.2. The summed E-state index contributed by atoms with van der Waals surface area (Å²) in [5, 5.41) is 3.16. The van der Waals surface area contributed by atoms with Gasteiger partial charge in [0.05, 0.1) is 6.61 Å². The van der Waals surface area contributed by atoms with E-state index in [9.17, 15) is 4.39 Å². The van der Waals surface area contributed by atoms with Crippen LogP contribution in [0.2, 0.25) is 0 Å². The van der Waals surface area contributed by atoms with Crippen LogP contribution in [0.5, 0.6) is 5.75 Å². The number of hydrogen-bond donors (Lipinski definition) is 1. The molecule has 0 amide bonds. The average molecular weight is 227 g/mol. The van der Waals surface area contributed by atoms with E-state index in [1.54, 1.807) is 26.2 Å². The minimum atomic E-state index is -0.203. The van der Waals surface area contributed by atoms with Gasteiger partial charge < -0.3 is 14.8 Å². The van der Waals surface area contributed by atoms with Gasteiger partial charge in [0.1, 0.15) is 18.2 Å². The summed E-state index contributed by atoms with van der Waals surface area (Å²) in [7, 11) is 1.67. The molecule has 0 saturated carbocycles. The first-order valence-electron chi connectivity index (χ1n) is 5.32. The molecule has 0 radical (unpaired) electrons. The Morgan fingerprint density at radius 3 is 2.69 bits per heavy atom. The van der Waals surface area contributed by atoms with Crippen molar-refractivity contribution in [3.05, 3.63) is 29.6 Å². The molecule has 0 aliphatic heterocycles. The summed E-state index contributed by atoms with van der Waals surface area (Å²) in [6.45, 7) is 4.53. The van der Waals surface area contributed by atoms with E-state index >= 15 is 0 Å². The highest BCUT2D eigenvalue weighted by molar-refractivity contribution is 5.28. The Labute approximate surface area is 95.6 Å². The average Bonchev–Trinajstić information content (AvgIpc) is 2.28. The Kier molecular flexibility index (Phi) is 5.82. The van der Waals surface area contributed by atoms with Crippen LogP contribution in [-0.2, 0) is 4.74 Å². The lowest BCUT2D eigenvalue weighted by Gasteiger charge is -2.08.